The largest absolute Gasteiger partial charge is 1.00 e. The Kier molecular flexibility index (Phi) is 4.88. The first-order chi connectivity index (χ1) is 11.3. The fourth-order valence-electron chi connectivity index (χ4n) is 2.95. The van der Waals surface area contributed by atoms with Gasteiger partial charge in [0.1, 0.15) is 5.58 Å². The van der Waals surface area contributed by atoms with Gasteiger partial charge in [-0.05, 0) is 11.6 Å². The van der Waals surface area contributed by atoms with Crippen LogP contribution >= 0.6 is 0 Å². The third-order valence-corrected chi connectivity index (χ3v) is 4.15. The summed E-state index contributed by atoms with van der Waals surface area (Å²) in [5, 5.41) is 0.614. The highest BCUT2D eigenvalue weighted by Crippen LogP contribution is 2.29. The molecule has 1 fully saturated rings. The molecule has 0 radical (unpaired) electrons. The van der Waals surface area contributed by atoms with Gasteiger partial charge in [0, 0.05) is 24.7 Å². The van der Waals surface area contributed by atoms with Gasteiger partial charge < -0.3 is 26.5 Å². The van der Waals surface area contributed by atoms with Crippen molar-refractivity contribution < 1.29 is 21.6 Å². The molecular weight excluding hydrogens is 326 g/mol. The lowest BCUT2D eigenvalue weighted by atomic mass is 10.0. The lowest BCUT2D eigenvalue weighted by Crippen LogP contribution is -3.00. The summed E-state index contributed by atoms with van der Waals surface area (Å²) in [4.78, 5) is 14.6. The second-order valence-electron chi connectivity index (χ2n) is 5.60. The fraction of sp³-hybridized carbons (Fsp3) is 0.211. The van der Waals surface area contributed by atoms with Crippen LogP contribution in [0.15, 0.2) is 63.8 Å². The van der Waals surface area contributed by atoms with E-state index >= 15 is 0 Å². The predicted molar refractivity (Wildman–Crippen MR) is 91.0 cm³/mol. The SMILES string of the molecule is O=c1cc(N2CCOCC2)oc2c(-c3ccccc3)cccc12.[Cl-]. The van der Waals surface area contributed by atoms with Crippen LogP contribution in [0.5, 0.6) is 0 Å². The van der Waals surface area contributed by atoms with E-state index in [1.807, 2.05) is 48.5 Å². The summed E-state index contributed by atoms with van der Waals surface area (Å²) < 4.78 is 11.5. The number of hydrogen-bond donors (Lipinski definition) is 0. The van der Waals surface area contributed by atoms with E-state index in [0.29, 0.717) is 30.1 Å². The highest BCUT2D eigenvalue weighted by atomic mass is 35.5. The summed E-state index contributed by atoms with van der Waals surface area (Å²) in [7, 11) is 0. The molecule has 0 unspecified atom stereocenters. The third-order valence-electron chi connectivity index (χ3n) is 4.15. The summed E-state index contributed by atoms with van der Waals surface area (Å²) in [6, 6.07) is 17.3. The van der Waals surface area contributed by atoms with Crippen molar-refractivity contribution in [1.29, 1.82) is 0 Å². The van der Waals surface area contributed by atoms with Crippen molar-refractivity contribution in [2.24, 2.45) is 0 Å². The van der Waals surface area contributed by atoms with Crippen LogP contribution in [0.4, 0.5) is 5.88 Å². The number of morpholine rings is 1. The number of nitrogens with zero attached hydrogens (tertiary/aromatic N) is 1. The van der Waals surface area contributed by atoms with Gasteiger partial charge in [-0.1, -0.05) is 42.5 Å². The smallest absolute Gasteiger partial charge is 0.200 e. The average Bonchev–Trinajstić information content (AvgIpc) is 2.63. The van der Waals surface area contributed by atoms with E-state index in [0.717, 1.165) is 24.2 Å². The number of rotatable bonds is 2. The molecule has 0 aliphatic carbocycles. The summed E-state index contributed by atoms with van der Waals surface area (Å²) >= 11 is 0. The number of halogens is 1. The molecule has 0 saturated carbocycles. The molecule has 5 heteroatoms. The van der Waals surface area contributed by atoms with Gasteiger partial charge in [0.2, 0.25) is 0 Å². The third kappa shape index (κ3) is 3.03. The predicted octanol–water partition coefficient (Wildman–Crippen LogP) is 0.301. The van der Waals surface area contributed by atoms with Crippen molar-refractivity contribution in [3.63, 3.8) is 0 Å². The molecule has 1 saturated heterocycles. The number of fused-ring (bicyclic) bond motifs is 1. The Bertz CT molecular complexity index is 886. The Labute approximate surface area is 146 Å². The molecule has 0 N–H and O–H groups in total. The number of hydrogen-bond acceptors (Lipinski definition) is 4. The molecule has 1 aliphatic heterocycles. The number of anilines is 1. The molecule has 124 valence electrons. The first kappa shape index (κ1) is 16.6. The second-order valence-corrected chi connectivity index (χ2v) is 5.60. The molecule has 0 bridgehead atoms. The maximum atomic E-state index is 12.5. The van der Waals surface area contributed by atoms with Crippen LogP contribution in [0, 0.1) is 0 Å². The molecule has 0 atom stereocenters. The molecule has 0 amide bonds. The lowest BCUT2D eigenvalue weighted by Gasteiger charge is -2.27. The first-order valence-corrected chi connectivity index (χ1v) is 7.78. The Balaban J connectivity index is 0.00000169. The Hall–Kier alpha value is -2.30. The maximum absolute atomic E-state index is 12.5. The molecule has 1 aliphatic rings. The molecule has 2 heterocycles. The standard InChI is InChI=1S/C19H17NO3.ClH/c21-17-13-18(20-9-11-22-12-10-20)23-19-15(7-4-8-16(17)19)14-5-2-1-3-6-14;/h1-8,13H,9-12H2;1H/p-1. The Morgan fingerprint density at radius 3 is 2.42 bits per heavy atom. The van der Waals surface area contributed by atoms with Crippen molar-refractivity contribution in [1.82, 2.24) is 0 Å². The molecule has 4 nitrogen and oxygen atoms in total. The van der Waals surface area contributed by atoms with Gasteiger partial charge in [-0.2, -0.15) is 0 Å². The van der Waals surface area contributed by atoms with Gasteiger partial charge in [-0.25, -0.2) is 0 Å². The fourth-order valence-corrected chi connectivity index (χ4v) is 2.95. The molecule has 24 heavy (non-hydrogen) atoms. The highest BCUT2D eigenvalue weighted by molar-refractivity contribution is 5.92. The van der Waals surface area contributed by atoms with Crippen LogP contribution in [0.3, 0.4) is 0 Å². The van der Waals surface area contributed by atoms with E-state index in [4.69, 9.17) is 9.15 Å². The van der Waals surface area contributed by atoms with E-state index in [1.54, 1.807) is 6.07 Å². The van der Waals surface area contributed by atoms with Crippen LogP contribution in [0.25, 0.3) is 22.1 Å². The minimum atomic E-state index is -0.00878. The summed E-state index contributed by atoms with van der Waals surface area (Å²) in [5.41, 5.74) is 2.62. The zero-order valence-corrected chi connectivity index (χ0v) is 13.8. The molecule has 1 aromatic heterocycles. The minimum Gasteiger partial charge on any atom is -1.00 e. The van der Waals surface area contributed by atoms with Crippen LogP contribution in [-0.2, 0) is 4.74 Å². The van der Waals surface area contributed by atoms with Gasteiger partial charge in [-0.15, -0.1) is 0 Å². The quantitative estimate of drug-likeness (QED) is 0.672. The van der Waals surface area contributed by atoms with Gasteiger partial charge in [-0.3, -0.25) is 4.79 Å². The van der Waals surface area contributed by atoms with Crippen LogP contribution in [0.1, 0.15) is 0 Å². The molecular formula is C19H17ClNO3-. The molecule has 3 aromatic rings. The first-order valence-electron chi connectivity index (χ1n) is 7.78. The second kappa shape index (κ2) is 7.07. The average molecular weight is 343 g/mol. The topological polar surface area (TPSA) is 42.7 Å². The van der Waals surface area contributed by atoms with Gasteiger partial charge >= 0.3 is 0 Å². The zero-order chi connectivity index (χ0) is 15.6. The van der Waals surface area contributed by atoms with Crippen molar-refractivity contribution in [3.8, 4) is 11.1 Å². The molecule has 2 aromatic carbocycles. The lowest BCUT2D eigenvalue weighted by molar-refractivity contribution is -0.00000566. The number of benzene rings is 2. The monoisotopic (exact) mass is 342 g/mol. The van der Waals surface area contributed by atoms with Gasteiger partial charge in [0.25, 0.3) is 0 Å². The zero-order valence-electron chi connectivity index (χ0n) is 13.1. The van der Waals surface area contributed by atoms with Crippen LogP contribution in [0.2, 0.25) is 0 Å². The van der Waals surface area contributed by atoms with Crippen molar-refractivity contribution in [2.45, 2.75) is 0 Å². The van der Waals surface area contributed by atoms with Crippen molar-refractivity contribution in [2.75, 3.05) is 31.2 Å². The van der Waals surface area contributed by atoms with E-state index in [2.05, 4.69) is 4.90 Å². The van der Waals surface area contributed by atoms with Gasteiger partial charge in [0.15, 0.2) is 11.3 Å². The maximum Gasteiger partial charge on any atom is 0.200 e. The normalized spacial score (nSPS) is 14.4. The minimum absolute atomic E-state index is 0. The molecule has 0 spiro atoms. The van der Waals surface area contributed by atoms with E-state index in [9.17, 15) is 4.79 Å². The van der Waals surface area contributed by atoms with E-state index in [1.165, 1.54) is 0 Å². The molecule has 4 rings (SSSR count). The highest BCUT2D eigenvalue weighted by Gasteiger charge is 2.17. The Morgan fingerprint density at radius 1 is 0.917 bits per heavy atom. The number of para-hydroxylation sites is 1. The van der Waals surface area contributed by atoms with E-state index < -0.39 is 0 Å². The summed E-state index contributed by atoms with van der Waals surface area (Å²) in [6.07, 6.45) is 0. The number of ether oxygens (including phenoxy) is 1. The van der Waals surface area contributed by atoms with Crippen molar-refractivity contribution in [3.05, 3.63) is 64.8 Å². The Morgan fingerprint density at radius 2 is 1.67 bits per heavy atom. The summed E-state index contributed by atoms with van der Waals surface area (Å²) in [6.45, 7) is 2.79. The van der Waals surface area contributed by atoms with Gasteiger partial charge in [0.05, 0.1) is 18.6 Å². The van der Waals surface area contributed by atoms with Crippen LogP contribution in [-0.4, -0.2) is 26.3 Å². The van der Waals surface area contributed by atoms with E-state index in [-0.39, 0.29) is 17.8 Å². The van der Waals surface area contributed by atoms with Crippen LogP contribution < -0.4 is 22.7 Å². The summed E-state index contributed by atoms with van der Waals surface area (Å²) in [5.74, 6) is 0.620. The van der Waals surface area contributed by atoms with Crippen molar-refractivity contribution >= 4 is 16.9 Å².